The van der Waals surface area contributed by atoms with Crippen molar-refractivity contribution >= 4 is 5.69 Å². The van der Waals surface area contributed by atoms with E-state index in [0.29, 0.717) is 0 Å². The van der Waals surface area contributed by atoms with Gasteiger partial charge in [-0.2, -0.15) is 0 Å². The van der Waals surface area contributed by atoms with Crippen molar-refractivity contribution in [2.75, 3.05) is 13.7 Å². The molecule has 0 spiro atoms. The molecule has 0 aromatic heterocycles. The van der Waals surface area contributed by atoms with Crippen LogP contribution in [0, 0.1) is 0 Å². The Kier molecular flexibility index (Phi) is 2.14. The number of benzene rings is 1. The fourth-order valence-corrected chi connectivity index (χ4v) is 1.72. The number of hydrogen-bond acceptors (Lipinski definition) is 1. The van der Waals surface area contributed by atoms with Gasteiger partial charge in [-0.15, -0.1) is 0 Å². The highest BCUT2D eigenvalue weighted by atomic mass is 15.5. The monoisotopic (exact) mass is 187 g/mol. The van der Waals surface area contributed by atoms with Crippen molar-refractivity contribution in [1.82, 2.24) is 9.38 Å². The van der Waals surface area contributed by atoms with Crippen molar-refractivity contribution in [2.45, 2.75) is 0 Å². The maximum Gasteiger partial charge on any atom is 0.166 e. The van der Waals surface area contributed by atoms with Gasteiger partial charge in [-0.05, 0) is 12.1 Å². The minimum absolute atomic E-state index is 0.812. The molecule has 1 heterocycles. The summed E-state index contributed by atoms with van der Waals surface area (Å²) in [5, 5.41) is 0. The van der Waals surface area contributed by atoms with Gasteiger partial charge < -0.3 is 4.90 Å². The van der Waals surface area contributed by atoms with E-state index in [4.69, 9.17) is 0 Å². The van der Waals surface area contributed by atoms with Gasteiger partial charge in [0.25, 0.3) is 0 Å². The highest BCUT2D eigenvalue weighted by Gasteiger charge is 2.28. The van der Waals surface area contributed by atoms with Crippen LogP contribution in [0.5, 0.6) is 0 Å². The Hall–Kier alpha value is -1.54. The molecule has 14 heavy (non-hydrogen) atoms. The predicted octanol–water partition coefficient (Wildman–Crippen LogP) is 2.51. The zero-order valence-corrected chi connectivity index (χ0v) is 8.43. The summed E-state index contributed by atoms with van der Waals surface area (Å²) in [4.78, 5) is 2.09. The van der Waals surface area contributed by atoms with E-state index >= 15 is 0 Å². The fraction of sp³-hybridized carbons (Fsp3) is 0.167. The van der Waals surface area contributed by atoms with Crippen molar-refractivity contribution in [3.8, 4) is 0 Å². The van der Waals surface area contributed by atoms with Crippen LogP contribution in [0.4, 0.5) is 5.69 Å². The summed E-state index contributed by atoms with van der Waals surface area (Å²) in [6.07, 6.45) is 6.10. The quantitative estimate of drug-likeness (QED) is 0.643. The molecule has 1 aromatic carbocycles. The van der Waals surface area contributed by atoms with Gasteiger partial charge in [-0.1, -0.05) is 24.8 Å². The zero-order valence-electron chi connectivity index (χ0n) is 8.43. The summed E-state index contributed by atoms with van der Waals surface area (Å²) in [5.74, 6) is 0. The Bertz CT molecular complexity index is 356. The molecule has 0 aliphatic carbocycles. The van der Waals surface area contributed by atoms with Crippen LogP contribution in [-0.2, 0) is 0 Å². The second-order valence-corrected chi connectivity index (χ2v) is 3.74. The number of nitrogens with zero attached hydrogens (tertiary/aromatic N) is 2. The zero-order chi connectivity index (χ0) is 10.0. The predicted molar refractivity (Wildman–Crippen MR) is 60.2 cm³/mol. The third kappa shape index (κ3) is 1.44. The molecular formula is C12H15N2+. The van der Waals surface area contributed by atoms with Crippen LogP contribution in [0.15, 0.2) is 55.5 Å². The number of hydrogen-bond donors (Lipinski definition) is 0. The molecule has 1 aromatic rings. The number of rotatable bonds is 2. The molecule has 1 unspecified atom stereocenters. The molecular weight excluding hydrogens is 172 g/mol. The van der Waals surface area contributed by atoms with Gasteiger partial charge in [-0.25, -0.2) is 4.48 Å². The Morgan fingerprint density at radius 2 is 2.07 bits per heavy atom. The van der Waals surface area contributed by atoms with E-state index in [9.17, 15) is 0 Å². The molecule has 2 nitrogen and oxygen atoms in total. The lowest BCUT2D eigenvalue weighted by Gasteiger charge is -2.26. The van der Waals surface area contributed by atoms with Gasteiger partial charge in [0.2, 0.25) is 0 Å². The number of para-hydroxylation sites is 1. The minimum atomic E-state index is 0.812. The lowest BCUT2D eigenvalue weighted by atomic mass is 10.3. The maximum atomic E-state index is 3.77. The van der Waals surface area contributed by atoms with Crippen molar-refractivity contribution in [3.05, 3.63) is 55.5 Å². The molecule has 0 fully saturated rings. The topological polar surface area (TPSA) is 3.24 Å². The lowest BCUT2D eigenvalue weighted by molar-refractivity contribution is 0.359. The molecule has 1 atom stereocenters. The van der Waals surface area contributed by atoms with Crippen LogP contribution in [0.2, 0.25) is 0 Å². The van der Waals surface area contributed by atoms with E-state index in [1.807, 2.05) is 12.3 Å². The smallest absolute Gasteiger partial charge is 0.166 e. The summed E-state index contributed by atoms with van der Waals surface area (Å²) in [5.41, 5.74) is 1.30. The van der Waals surface area contributed by atoms with Crippen molar-refractivity contribution in [1.29, 1.82) is 0 Å². The molecule has 72 valence electrons. The second kappa shape index (κ2) is 3.31. The summed E-state index contributed by atoms with van der Waals surface area (Å²) >= 11 is 0. The SMILES string of the molecule is C=CN1C=C[N+](C)(c2ccccc2)C1. The van der Waals surface area contributed by atoms with Crippen molar-refractivity contribution in [3.63, 3.8) is 0 Å². The summed E-state index contributed by atoms with van der Waals surface area (Å²) < 4.78 is 0.812. The number of quaternary nitrogens is 1. The third-order valence-electron chi connectivity index (χ3n) is 2.62. The third-order valence-corrected chi connectivity index (χ3v) is 2.62. The standard InChI is InChI=1S/C12H15N2/c1-3-13-9-10-14(2,11-13)12-7-5-4-6-8-12/h3-10H,1,11H2,2H3/q+1. The lowest BCUT2D eigenvalue weighted by Crippen LogP contribution is -2.40. The highest BCUT2D eigenvalue weighted by molar-refractivity contribution is 5.45. The van der Waals surface area contributed by atoms with E-state index in [-0.39, 0.29) is 0 Å². The fourth-order valence-electron chi connectivity index (χ4n) is 1.72. The normalized spacial score (nSPS) is 25.4. The summed E-state index contributed by atoms with van der Waals surface area (Å²) in [7, 11) is 2.19. The van der Waals surface area contributed by atoms with Crippen LogP contribution in [0.3, 0.4) is 0 Å². The van der Waals surface area contributed by atoms with Crippen LogP contribution in [0.25, 0.3) is 0 Å². The largest absolute Gasteiger partial charge is 0.302 e. The summed E-state index contributed by atoms with van der Waals surface area (Å²) in [6.45, 7) is 4.69. The second-order valence-electron chi connectivity index (χ2n) is 3.74. The molecule has 1 aliphatic rings. The minimum Gasteiger partial charge on any atom is -0.302 e. The Morgan fingerprint density at radius 3 is 2.64 bits per heavy atom. The Morgan fingerprint density at radius 1 is 1.36 bits per heavy atom. The van der Waals surface area contributed by atoms with Crippen molar-refractivity contribution < 1.29 is 0 Å². The first-order valence-electron chi connectivity index (χ1n) is 4.73. The average molecular weight is 187 g/mol. The van der Waals surface area contributed by atoms with Gasteiger partial charge >= 0.3 is 0 Å². The molecule has 0 radical (unpaired) electrons. The van der Waals surface area contributed by atoms with E-state index in [1.54, 1.807) is 0 Å². The first-order valence-corrected chi connectivity index (χ1v) is 4.73. The molecule has 0 N–H and O–H groups in total. The van der Waals surface area contributed by atoms with Crippen LogP contribution in [0.1, 0.15) is 0 Å². The first-order chi connectivity index (χ1) is 6.74. The van der Waals surface area contributed by atoms with Gasteiger partial charge in [0.15, 0.2) is 6.67 Å². The van der Waals surface area contributed by atoms with Gasteiger partial charge in [0.1, 0.15) is 11.9 Å². The van der Waals surface area contributed by atoms with Gasteiger partial charge in [0, 0.05) is 6.20 Å². The van der Waals surface area contributed by atoms with Gasteiger partial charge in [0.05, 0.1) is 13.2 Å². The molecule has 0 bridgehead atoms. The molecule has 0 saturated heterocycles. The molecule has 2 heteroatoms. The average Bonchev–Trinajstić information content (AvgIpc) is 2.63. The molecule has 1 aliphatic heterocycles. The van der Waals surface area contributed by atoms with Crippen LogP contribution >= 0.6 is 0 Å². The van der Waals surface area contributed by atoms with Gasteiger partial charge in [-0.3, -0.25) is 0 Å². The van der Waals surface area contributed by atoms with Crippen LogP contribution in [-0.4, -0.2) is 18.6 Å². The molecule has 0 amide bonds. The van der Waals surface area contributed by atoms with Crippen LogP contribution < -0.4 is 4.48 Å². The highest BCUT2D eigenvalue weighted by Crippen LogP contribution is 2.25. The Labute approximate surface area is 85.0 Å². The van der Waals surface area contributed by atoms with Crippen molar-refractivity contribution in [2.24, 2.45) is 0 Å². The van der Waals surface area contributed by atoms with E-state index in [0.717, 1.165) is 11.2 Å². The maximum absolute atomic E-state index is 3.77. The first kappa shape index (κ1) is 9.03. The van der Waals surface area contributed by atoms with E-state index in [2.05, 4.69) is 55.2 Å². The summed E-state index contributed by atoms with van der Waals surface area (Å²) in [6, 6.07) is 10.5. The van der Waals surface area contributed by atoms with E-state index in [1.165, 1.54) is 5.69 Å². The Balaban J connectivity index is 2.28. The molecule has 2 rings (SSSR count). The van der Waals surface area contributed by atoms with E-state index < -0.39 is 0 Å². The molecule has 0 saturated carbocycles.